The predicted octanol–water partition coefficient (Wildman–Crippen LogP) is 7.21. The van der Waals surface area contributed by atoms with Gasteiger partial charge in [0.2, 0.25) is 0 Å². The Hall–Kier alpha value is -7.08. The van der Waals surface area contributed by atoms with Crippen molar-refractivity contribution in [1.82, 2.24) is 0 Å². The molecule has 0 spiro atoms. The molecule has 0 fully saturated rings. The number of hydrogen-bond acceptors (Lipinski definition) is 12. The number of methoxy groups -OCH3 is 4. The molecule has 5 rings (SSSR count). The lowest BCUT2D eigenvalue weighted by atomic mass is 9.84. The van der Waals surface area contributed by atoms with Crippen molar-refractivity contribution in [2.45, 2.75) is 6.10 Å². The molecule has 12 heteroatoms. The van der Waals surface area contributed by atoms with E-state index in [1.807, 2.05) is 0 Å². The summed E-state index contributed by atoms with van der Waals surface area (Å²) in [6, 6.07) is 18.1. The van der Waals surface area contributed by atoms with Crippen LogP contribution in [-0.2, 0) is 14.3 Å². The molecular formula is C42H38O12. The third-order valence-corrected chi connectivity index (χ3v) is 8.44. The fourth-order valence-corrected chi connectivity index (χ4v) is 5.69. The number of phenolic OH excluding ortho intramolecular Hbond substituents is 4. The van der Waals surface area contributed by atoms with Crippen LogP contribution in [0, 0.1) is 5.92 Å². The topological polar surface area (TPSA) is 181 Å². The Bertz CT molecular complexity index is 2210. The summed E-state index contributed by atoms with van der Waals surface area (Å²) in [5.74, 6) is -2.68. The average molecular weight is 735 g/mol. The normalized spacial score (nSPS) is 15.9. The first-order valence-corrected chi connectivity index (χ1v) is 16.4. The molecule has 54 heavy (non-hydrogen) atoms. The first-order valence-electron chi connectivity index (χ1n) is 16.4. The van der Waals surface area contributed by atoms with Crippen molar-refractivity contribution in [1.29, 1.82) is 0 Å². The molecule has 2 atom stereocenters. The molecule has 1 heterocycles. The second-order valence-corrected chi connectivity index (χ2v) is 11.9. The number of benzene rings is 4. The maximum atomic E-state index is 14.3. The number of allylic oxidation sites excluding steroid dienone is 4. The van der Waals surface area contributed by atoms with Gasteiger partial charge in [0.15, 0.2) is 57.6 Å². The number of phenols is 4. The van der Waals surface area contributed by atoms with Crippen LogP contribution in [0.2, 0.25) is 0 Å². The highest BCUT2D eigenvalue weighted by Gasteiger charge is 2.43. The van der Waals surface area contributed by atoms with Crippen molar-refractivity contribution in [2.75, 3.05) is 28.4 Å². The van der Waals surface area contributed by atoms with Crippen LogP contribution in [0.1, 0.15) is 28.4 Å². The second kappa shape index (κ2) is 17.0. The molecule has 4 aromatic carbocycles. The molecule has 0 bridgehead atoms. The summed E-state index contributed by atoms with van der Waals surface area (Å²) >= 11 is 0. The highest BCUT2D eigenvalue weighted by molar-refractivity contribution is 6.13. The van der Waals surface area contributed by atoms with E-state index < -0.39 is 29.3 Å². The van der Waals surface area contributed by atoms with Gasteiger partial charge in [0.25, 0.3) is 0 Å². The Morgan fingerprint density at radius 3 is 1.54 bits per heavy atom. The number of aromatic hydroxyl groups is 4. The molecule has 0 saturated heterocycles. The van der Waals surface area contributed by atoms with Crippen LogP contribution in [0.5, 0.6) is 46.0 Å². The van der Waals surface area contributed by atoms with E-state index in [2.05, 4.69) is 0 Å². The van der Waals surface area contributed by atoms with Crippen molar-refractivity contribution < 1.29 is 58.8 Å². The molecule has 2 unspecified atom stereocenters. The molecule has 1 aliphatic rings. The molecule has 278 valence electrons. The smallest absolute Gasteiger partial charge is 0.186 e. The van der Waals surface area contributed by atoms with Gasteiger partial charge in [-0.05, 0) is 89.0 Å². The van der Waals surface area contributed by atoms with Crippen molar-refractivity contribution in [3.05, 3.63) is 136 Å². The monoisotopic (exact) mass is 734 g/mol. The maximum Gasteiger partial charge on any atom is 0.186 e. The SMILES string of the molecule is COc1cc(/C=C/C(=O)C2=C(/C=C/c3ccc(O)c(OC)c3)OC(c3ccc(O)c(OC)c3)C2C(=O)/C=C(O)\C=C\c2ccc(O)c(OC)c2)ccc1O. The minimum Gasteiger partial charge on any atom is -0.508 e. The van der Waals surface area contributed by atoms with Gasteiger partial charge < -0.3 is 49.2 Å². The van der Waals surface area contributed by atoms with Crippen LogP contribution in [0.4, 0.5) is 0 Å². The van der Waals surface area contributed by atoms with E-state index in [1.54, 1.807) is 30.3 Å². The molecule has 0 amide bonds. The largest absolute Gasteiger partial charge is 0.508 e. The van der Waals surface area contributed by atoms with Crippen LogP contribution in [-0.4, -0.2) is 65.5 Å². The first-order chi connectivity index (χ1) is 26.0. The number of hydrogen-bond donors (Lipinski definition) is 5. The Morgan fingerprint density at radius 1 is 0.593 bits per heavy atom. The zero-order chi connectivity index (χ0) is 38.9. The second-order valence-electron chi connectivity index (χ2n) is 11.9. The number of ether oxygens (including phenoxy) is 5. The van der Waals surface area contributed by atoms with Gasteiger partial charge >= 0.3 is 0 Å². The minimum atomic E-state index is -1.32. The van der Waals surface area contributed by atoms with Gasteiger partial charge in [-0.25, -0.2) is 0 Å². The standard InChI is InChI=1S/C42H38O12/c1-50-36-19-24(6-13-29(36)44)5-12-28(43)23-34(49)41-40(33(48)16-9-25-7-14-30(45)37(20-25)51-2)35(18-10-26-8-15-31(46)38(21-26)52-3)54-42(41)27-11-17-32(47)39(22-27)53-4/h5-23,41-47H,1-4H3/b12-5+,16-9+,18-10+,28-23+. The van der Waals surface area contributed by atoms with Crippen LogP contribution < -0.4 is 18.9 Å². The number of rotatable bonds is 14. The van der Waals surface area contributed by atoms with E-state index in [0.717, 1.165) is 6.08 Å². The lowest BCUT2D eigenvalue weighted by molar-refractivity contribution is -0.121. The summed E-state index contributed by atoms with van der Waals surface area (Å²) < 4.78 is 27.3. The van der Waals surface area contributed by atoms with Gasteiger partial charge in [0, 0.05) is 6.08 Å². The van der Waals surface area contributed by atoms with E-state index >= 15 is 0 Å². The number of carbonyl (C=O) groups excluding carboxylic acids is 2. The van der Waals surface area contributed by atoms with Gasteiger partial charge in [-0.3, -0.25) is 9.59 Å². The molecule has 4 aromatic rings. The fraction of sp³-hybridized carbons (Fsp3) is 0.143. The maximum absolute atomic E-state index is 14.3. The van der Waals surface area contributed by atoms with Crippen molar-refractivity contribution in [3.8, 4) is 46.0 Å². The summed E-state index contributed by atoms with van der Waals surface area (Å²) in [5.41, 5.74) is 1.99. The van der Waals surface area contributed by atoms with Gasteiger partial charge in [-0.2, -0.15) is 0 Å². The van der Waals surface area contributed by atoms with E-state index in [4.69, 9.17) is 23.7 Å². The molecule has 1 aliphatic heterocycles. The highest BCUT2D eigenvalue weighted by atomic mass is 16.5. The Balaban J connectivity index is 1.62. The van der Waals surface area contributed by atoms with E-state index in [-0.39, 0.29) is 57.3 Å². The van der Waals surface area contributed by atoms with Crippen LogP contribution in [0.15, 0.2) is 114 Å². The summed E-state index contributed by atoms with van der Waals surface area (Å²) in [6.07, 6.45) is 8.50. The Labute approximate surface area is 311 Å². The molecule has 0 aromatic heterocycles. The van der Waals surface area contributed by atoms with Crippen LogP contribution >= 0.6 is 0 Å². The summed E-state index contributed by atoms with van der Waals surface area (Å²) in [5, 5.41) is 51.3. The third kappa shape index (κ3) is 8.68. The molecule has 0 aliphatic carbocycles. The van der Waals surface area contributed by atoms with E-state index in [1.165, 1.54) is 107 Å². The Kier molecular flexibility index (Phi) is 12.0. The number of ketones is 2. The van der Waals surface area contributed by atoms with Gasteiger partial charge in [0.1, 0.15) is 17.6 Å². The molecular weight excluding hydrogens is 696 g/mol. The van der Waals surface area contributed by atoms with E-state index in [9.17, 15) is 35.1 Å². The van der Waals surface area contributed by atoms with Crippen molar-refractivity contribution in [3.63, 3.8) is 0 Å². The van der Waals surface area contributed by atoms with Crippen LogP contribution in [0.3, 0.4) is 0 Å². The zero-order valence-corrected chi connectivity index (χ0v) is 29.7. The Morgan fingerprint density at radius 2 is 1.04 bits per heavy atom. The first kappa shape index (κ1) is 38.2. The van der Waals surface area contributed by atoms with Gasteiger partial charge in [-0.1, -0.05) is 42.5 Å². The van der Waals surface area contributed by atoms with Crippen LogP contribution in [0.25, 0.3) is 18.2 Å². The van der Waals surface area contributed by atoms with Gasteiger partial charge in [0.05, 0.1) is 39.9 Å². The van der Waals surface area contributed by atoms with E-state index in [0.29, 0.717) is 22.3 Å². The number of aliphatic hydroxyl groups excluding tert-OH is 1. The predicted molar refractivity (Wildman–Crippen MR) is 201 cm³/mol. The molecule has 12 nitrogen and oxygen atoms in total. The average Bonchev–Trinajstić information content (AvgIpc) is 3.56. The van der Waals surface area contributed by atoms with Crippen molar-refractivity contribution in [2.24, 2.45) is 5.92 Å². The fourth-order valence-electron chi connectivity index (χ4n) is 5.69. The third-order valence-electron chi connectivity index (χ3n) is 8.44. The highest BCUT2D eigenvalue weighted by Crippen LogP contribution is 2.45. The molecule has 0 radical (unpaired) electrons. The summed E-state index contributed by atoms with van der Waals surface area (Å²) in [4.78, 5) is 28.5. The number of carbonyl (C=O) groups is 2. The zero-order valence-electron chi connectivity index (χ0n) is 29.7. The lowest BCUT2D eigenvalue weighted by Gasteiger charge is -2.20. The summed E-state index contributed by atoms with van der Waals surface area (Å²) in [6.45, 7) is 0. The summed E-state index contributed by atoms with van der Waals surface area (Å²) in [7, 11) is 5.57. The molecule has 5 N–H and O–H groups in total. The minimum absolute atomic E-state index is 0.0370. The van der Waals surface area contributed by atoms with Gasteiger partial charge in [-0.15, -0.1) is 0 Å². The van der Waals surface area contributed by atoms with Crippen molar-refractivity contribution >= 4 is 29.8 Å². The lowest BCUT2D eigenvalue weighted by Crippen LogP contribution is -2.23. The molecule has 0 saturated carbocycles. The quantitative estimate of drug-likeness (QED) is 0.0500. The number of aliphatic hydroxyl groups is 1.